The van der Waals surface area contributed by atoms with Crippen LogP contribution in [0.4, 0.5) is 0 Å². The van der Waals surface area contributed by atoms with Gasteiger partial charge >= 0.3 is 23.1 Å². The van der Waals surface area contributed by atoms with Crippen molar-refractivity contribution in [3.8, 4) is 0 Å². The van der Waals surface area contributed by atoms with E-state index in [-0.39, 0.29) is 23.1 Å². The molecule has 0 aliphatic rings. The molecule has 48 valence electrons. The molecule has 0 atom stereocenters. The fraction of sp³-hybridized carbons (Fsp3) is 0.250. The van der Waals surface area contributed by atoms with Gasteiger partial charge in [0, 0.05) is 0 Å². The van der Waals surface area contributed by atoms with Crippen LogP contribution in [-0.4, -0.2) is 23.1 Å². The van der Waals surface area contributed by atoms with Gasteiger partial charge < -0.3 is 0 Å². The summed E-state index contributed by atoms with van der Waals surface area (Å²) >= 11 is 0. The Hall–Kier alpha value is -0.0138. The van der Waals surface area contributed by atoms with Crippen LogP contribution in [0.1, 0.15) is 13.8 Å². The summed E-state index contributed by atoms with van der Waals surface area (Å²) in [6.07, 6.45) is 7.28. The van der Waals surface area contributed by atoms with Gasteiger partial charge in [0.1, 0.15) is 0 Å². The maximum Gasteiger partial charge on any atom is 2.00 e. The van der Waals surface area contributed by atoms with Gasteiger partial charge in [-0.2, -0.15) is 0 Å². The van der Waals surface area contributed by atoms with Crippen molar-refractivity contribution in [1.82, 2.24) is 0 Å². The zero-order chi connectivity index (χ0) is 6.83. The van der Waals surface area contributed by atoms with Crippen LogP contribution >= 0.6 is 0 Å². The van der Waals surface area contributed by atoms with Crippen molar-refractivity contribution in [2.45, 2.75) is 13.8 Å². The van der Waals surface area contributed by atoms with Gasteiger partial charge in [-0.25, -0.2) is 38.2 Å². The maximum absolute atomic E-state index is 3.42. The molecule has 0 unspecified atom stereocenters. The summed E-state index contributed by atoms with van der Waals surface area (Å²) < 4.78 is 0. The van der Waals surface area contributed by atoms with Crippen LogP contribution < -0.4 is 0 Å². The van der Waals surface area contributed by atoms with Gasteiger partial charge in [-0.1, -0.05) is 0 Å². The third-order valence-electron chi connectivity index (χ3n) is 0.471. The molecule has 0 saturated heterocycles. The Morgan fingerprint density at radius 1 is 0.889 bits per heavy atom. The van der Waals surface area contributed by atoms with Crippen molar-refractivity contribution in [3.63, 3.8) is 0 Å². The van der Waals surface area contributed by atoms with Gasteiger partial charge in [0.25, 0.3) is 0 Å². The van der Waals surface area contributed by atoms with Gasteiger partial charge in [-0.05, 0) is 0 Å². The monoisotopic (exact) mass is 134 g/mol. The Kier molecular flexibility index (Phi) is 43.6. The zero-order valence-electron chi connectivity index (χ0n) is 6.43. The van der Waals surface area contributed by atoms with E-state index in [9.17, 15) is 0 Å². The van der Waals surface area contributed by atoms with Crippen molar-refractivity contribution in [2.24, 2.45) is 0 Å². The molecule has 0 amide bonds. The summed E-state index contributed by atoms with van der Waals surface area (Å²) in [5.41, 5.74) is 0. The van der Waals surface area contributed by atoms with E-state index in [0.717, 1.165) is 0 Å². The standard InChI is InChI=1S/2C4H7.Mg/c2*1-3-4-2;/h2*3-4H,1H2,2H3;/q2*-1;+2/b2*4-3+;. The minimum atomic E-state index is 0. The summed E-state index contributed by atoms with van der Waals surface area (Å²) in [7, 11) is 0. The van der Waals surface area contributed by atoms with Crippen LogP contribution in [0.5, 0.6) is 0 Å². The number of rotatable bonds is 0. The van der Waals surface area contributed by atoms with Crippen molar-refractivity contribution in [3.05, 3.63) is 38.2 Å². The summed E-state index contributed by atoms with van der Waals surface area (Å²) in [5, 5.41) is 0. The van der Waals surface area contributed by atoms with Crippen LogP contribution in [0.3, 0.4) is 0 Å². The fourth-order valence-electron chi connectivity index (χ4n) is 0. The van der Waals surface area contributed by atoms with Crippen LogP contribution in [-0.2, 0) is 0 Å². The molecule has 0 rings (SSSR count). The summed E-state index contributed by atoms with van der Waals surface area (Å²) in [5.74, 6) is 0. The van der Waals surface area contributed by atoms with E-state index in [4.69, 9.17) is 0 Å². The van der Waals surface area contributed by atoms with Gasteiger partial charge in [-0.3, -0.25) is 0 Å². The quantitative estimate of drug-likeness (QED) is 0.353. The average Bonchev–Trinajstić information content (AvgIpc) is 1.88. The molecule has 9 heavy (non-hydrogen) atoms. The average molecular weight is 135 g/mol. The predicted molar refractivity (Wildman–Crippen MR) is 46.1 cm³/mol. The Balaban J connectivity index is -0.0000000720. The smallest absolute Gasteiger partial charge is 0.245 e. The summed E-state index contributed by atoms with van der Waals surface area (Å²) in [6, 6.07) is 0. The second-order valence-corrected chi connectivity index (χ2v) is 1.14. The predicted octanol–water partition coefficient (Wildman–Crippen LogP) is 2.41. The van der Waals surface area contributed by atoms with Crippen molar-refractivity contribution < 1.29 is 0 Å². The van der Waals surface area contributed by atoms with E-state index < -0.39 is 0 Å². The molecule has 0 N–H and O–H groups in total. The van der Waals surface area contributed by atoms with Crippen LogP contribution in [0.25, 0.3) is 0 Å². The van der Waals surface area contributed by atoms with Crippen molar-refractivity contribution in [1.29, 1.82) is 0 Å². The second-order valence-electron chi connectivity index (χ2n) is 1.14. The van der Waals surface area contributed by atoms with Crippen molar-refractivity contribution >= 4 is 23.1 Å². The number of hydrogen-bond acceptors (Lipinski definition) is 0. The molecular weight excluding hydrogens is 120 g/mol. The second kappa shape index (κ2) is 24.5. The third-order valence-corrected chi connectivity index (χ3v) is 0.471. The van der Waals surface area contributed by atoms with E-state index in [1.54, 1.807) is 12.2 Å². The maximum atomic E-state index is 3.42. The van der Waals surface area contributed by atoms with Gasteiger partial charge in [0.05, 0.1) is 0 Å². The zero-order valence-corrected chi connectivity index (χ0v) is 7.84. The molecule has 0 aromatic carbocycles. The first-order chi connectivity index (χ1) is 3.83. The van der Waals surface area contributed by atoms with Gasteiger partial charge in [0.15, 0.2) is 0 Å². The third kappa shape index (κ3) is 72.5. The molecule has 0 aliphatic heterocycles. The van der Waals surface area contributed by atoms with Gasteiger partial charge in [0.2, 0.25) is 0 Å². The molecule has 0 nitrogen and oxygen atoms in total. The molecule has 0 heterocycles. The number of allylic oxidation sites excluding steroid dienone is 4. The van der Waals surface area contributed by atoms with Crippen LogP contribution in [0.2, 0.25) is 0 Å². The molecule has 0 radical (unpaired) electrons. The Labute approximate surface area is 75.2 Å². The van der Waals surface area contributed by atoms with E-state index >= 15 is 0 Å². The van der Waals surface area contributed by atoms with E-state index in [1.807, 2.05) is 26.0 Å². The minimum Gasteiger partial charge on any atom is -0.245 e. The van der Waals surface area contributed by atoms with E-state index in [1.165, 1.54) is 0 Å². The van der Waals surface area contributed by atoms with Crippen LogP contribution in [0.15, 0.2) is 24.3 Å². The summed E-state index contributed by atoms with van der Waals surface area (Å²) in [6.45, 7) is 10.7. The molecule has 0 saturated carbocycles. The van der Waals surface area contributed by atoms with Crippen molar-refractivity contribution in [2.75, 3.05) is 0 Å². The molecule has 0 fully saturated rings. The van der Waals surface area contributed by atoms with E-state index in [0.29, 0.717) is 0 Å². The first-order valence-corrected chi connectivity index (χ1v) is 2.64. The molecule has 0 aromatic heterocycles. The SMILES string of the molecule is [CH2-]/C=C/C.[CH2-]/C=C/C.[Mg+2]. The first kappa shape index (κ1) is 16.0. The molecular formula is C8H14Mg. The topological polar surface area (TPSA) is 0 Å². The number of hydrogen-bond donors (Lipinski definition) is 0. The van der Waals surface area contributed by atoms with E-state index in [2.05, 4.69) is 13.8 Å². The van der Waals surface area contributed by atoms with Gasteiger partial charge in [-0.15, -0.1) is 13.8 Å². The molecule has 0 spiro atoms. The first-order valence-electron chi connectivity index (χ1n) is 2.64. The summed E-state index contributed by atoms with van der Waals surface area (Å²) in [4.78, 5) is 0. The Morgan fingerprint density at radius 2 is 1.00 bits per heavy atom. The fourth-order valence-corrected chi connectivity index (χ4v) is 0. The minimum absolute atomic E-state index is 0. The molecule has 0 bridgehead atoms. The normalized spacial score (nSPS) is 8.22. The molecule has 1 heteroatoms. The Bertz CT molecular complexity index is 45.0. The molecule has 0 aromatic rings. The van der Waals surface area contributed by atoms with Crippen LogP contribution in [0, 0.1) is 13.8 Å². The Morgan fingerprint density at radius 3 is 1.00 bits per heavy atom. The largest absolute Gasteiger partial charge is 2.00 e. The molecule has 0 aliphatic carbocycles.